The molecule has 1 aromatic carbocycles. The van der Waals surface area contributed by atoms with E-state index in [4.69, 9.17) is 10.2 Å². The summed E-state index contributed by atoms with van der Waals surface area (Å²) in [6.45, 7) is 11.9. The van der Waals surface area contributed by atoms with Crippen LogP contribution >= 0.6 is 0 Å². The molecule has 2 heteroatoms. The molecule has 0 aliphatic heterocycles. The average molecular weight is 331 g/mol. The minimum absolute atomic E-state index is 0.338. The van der Waals surface area contributed by atoms with Crippen LogP contribution in [-0.2, 0) is 0 Å². The van der Waals surface area contributed by atoms with Crippen molar-refractivity contribution in [2.45, 2.75) is 51.4 Å². The van der Waals surface area contributed by atoms with Crippen molar-refractivity contribution in [1.29, 1.82) is 0 Å². The summed E-state index contributed by atoms with van der Waals surface area (Å²) < 4.78 is 0. The number of rotatable bonds is 12. The van der Waals surface area contributed by atoms with Crippen LogP contribution in [0.3, 0.4) is 0 Å². The van der Waals surface area contributed by atoms with Crippen molar-refractivity contribution in [2.24, 2.45) is 0 Å². The predicted octanol–water partition coefficient (Wildman–Crippen LogP) is 5.71. The predicted molar refractivity (Wildman–Crippen MR) is 108 cm³/mol. The molecule has 1 aromatic rings. The molecule has 2 N–H and O–H groups in total. The Morgan fingerprint density at radius 1 is 0.625 bits per heavy atom. The molecule has 134 valence electrons. The summed E-state index contributed by atoms with van der Waals surface area (Å²) in [5, 5.41) is 17.0. The smallest absolute Gasteiger partial charge is 0.0431 e. The molecule has 0 saturated carbocycles. The van der Waals surface area contributed by atoms with Gasteiger partial charge in [0.25, 0.3) is 0 Å². The Balaban J connectivity index is 0.000000441. The van der Waals surface area contributed by atoms with Gasteiger partial charge in [0.15, 0.2) is 0 Å². The van der Waals surface area contributed by atoms with Crippen LogP contribution in [0.1, 0.15) is 68.1 Å². The van der Waals surface area contributed by atoms with Gasteiger partial charge in [0.05, 0.1) is 0 Å². The van der Waals surface area contributed by atoms with Gasteiger partial charge >= 0.3 is 0 Å². The van der Waals surface area contributed by atoms with E-state index in [1.165, 1.54) is 25.7 Å². The lowest BCUT2D eigenvalue weighted by molar-refractivity contribution is 0.279. The van der Waals surface area contributed by atoms with Crippen LogP contribution in [0.2, 0.25) is 0 Å². The van der Waals surface area contributed by atoms with Crippen molar-refractivity contribution in [3.05, 3.63) is 54.6 Å². The Morgan fingerprint density at radius 2 is 1.00 bits per heavy atom. The molecule has 0 fully saturated rings. The van der Waals surface area contributed by atoms with E-state index in [1.807, 2.05) is 36.4 Å². The SMILES string of the molecule is C=Cc1cccc(C=C)c1C=C.OCCCCCCCCCCO. The van der Waals surface area contributed by atoms with Gasteiger partial charge in [-0.05, 0) is 29.5 Å². The minimum Gasteiger partial charge on any atom is -0.396 e. The van der Waals surface area contributed by atoms with Crippen LogP contribution in [-0.4, -0.2) is 23.4 Å². The van der Waals surface area contributed by atoms with Crippen LogP contribution < -0.4 is 0 Å². The van der Waals surface area contributed by atoms with Crippen molar-refractivity contribution in [3.63, 3.8) is 0 Å². The van der Waals surface area contributed by atoms with E-state index >= 15 is 0 Å². The molecule has 0 spiro atoms. The summed E-state index contributed by atoms with van der Waals surface area (Å²) in [5.74, 6) is 0. The van der Waals surface area contributed by atoms with E-state index in [1.54, 1.807) is 0 Å². The van der Waals surface area contributed by atoms with Gasteiger partial charge in [0, 0.05) is 13.2 Å². The molecule has 0 unspecified atom stereocenters. The fourth-order valence-corrected chi connectivity index (χ4v) is 2.48. The highest BCUT2D eigenvalue weighted by atomic mass is 16.3. The summed E-state index contributed by atoms with van der Waals surface area (Å²) in [7, 11) is 0. The van der Waals surface area contributed by atoms with Crippen LogP contribution in [0.4, 0.5) is 0 Å². The van der Waals surface area contributed by atoms with E-state index in [-0.39, 0.29) is 0 Å². The molecular formula is C22H34O2. The van der Waals surface area contributed by atoms with Crippen LogP contribution in [0.15, 0.2) is 37.9 Å². The standard InChI is InChI=1S/C12H12.C10H22O2/c1-4-10-8-7-9-11(5-2)12(10)6-3;11-9-7-5-3-1-2-4-6-8-10-12/h4-9H,1-3H2;11-12H,1-10H2. The van der Waals surface area contributed by atoms with Gasteiger partial charge in [0.2, 0.25) is 0 Å². The van der Waals surface area contributed by atoms with Gasteiger partial charge < -0.3 is 10.2 Å². The van der Waals surface area contributed by atoms with Gasteiger partial charge in [-0.3, -0.25) is 0 Å². The van der Waals surface area contributed by atoms with E-state index in [0.717, 1.165) is 42.4 Å². The Bertz CT molecular complexity index is 427. The van der Waals surface area contributed by atoms with Crippen LogP contribution in [0.5, 0.6) is 0 Å². The van der Waals surface area contributed by atoms with E-state index in [2.05, 4.69) is 19.7 Å². The third-order valence-corrected chi connectivity index (χ3v) is 3.88. The fraction of sp³-hybridized carbons (Fsp3) is 0.455. The minimum atomic E-state index is 0.338. The summed E-state index contributed by atoms with van der Waals surface area (Å²) in [4.78, 5) is 0. The molecule has 0 saturated heterocycles. The Kier molecular flexibility index (Phi) is 15.1. The maximum atomic E-state index is 8.51. The second-order valence-electron chi connectivity index (χ2n) is 5.74. The molecule has 0 aliphatic carbocycles. The molecule has 24 heavy (non-hydrogen) atoms. The molecular weight excluding hydrogens is 296 g/mol. The molecule has 1 rings (SSSR count). The molecule has 2 nitrogen and oxygen atoms in total. The first-order valence-corrected chi connectivity index (χ1v) is 8.97. The van der Waals surface area contributed by atoms with Crippen molar-refractivity contribution in [2.75, 3.05) is 13.2 Å². The van der Waals surface area contributed by atoms with E-state index in [0.29, 0.717) is 13.2 Å². The van der Waals surface area contributed by atoms with Crippen LogP contribution in [0.25, 0.3) is 18.2 Å². The molecule has 0 atom stereocenters. The molecule has 0 radical (unpaired) electrons. The Morgan fingerprint density at radius 3 is 1.29 bits per heavy atom. The van der Waals surface area contributed by atoms with Gasteiger partial charge in [0.1, 0.15) is 0 Å². The zero-order chi connectivity index (χ0) is 18.0. The molecule has 0 aliphatic rings. The first-order chi connectivity index (χ1) is 11.7. The topological polar surface area (TPSA) is 40.5 Å². The van der Waals surface area contributed by atoms with Crippen molar-refractivity contribution >= 4 is 18.2 Å². The van der Waals surface area contributed by atoms with Crippen molar-refractivity contribution < 1.29 is 10.2 Å². The van der Waals surface area contributed by atoms with Gasteiger partial charge in [-0.2, -0.15) is 0 Å². The number of hydrogen-bond donors (Lipinski definition) is 2. The first-order valence-electron chi connectivity index (χ1n) is 8.97. The molecule has 0 heterocycles. The van der Waals surface area contributed by atoms with Gasteiger partial charge in [-0.15, -0.1) is 0 Å². The highest BCUT2D eigenvalue weighted by Gasteiger charge is 1.98. The van der Waals surface area contributed by atoms with E-state index < -0.39 is 0 Å². The number of aliphatic hydroxyl groups is 2. The molecule has 0 bridgehead atoms. The summed E-state index contributed by atoms with van der Waals surface area (Å²) >= 11 is 0. The molecule has 0 amide bonds. The van der Waals surface area contributed by atoms with E-state index in [9.17, 15) is 0 Å². The largest absolute Gasteiger partial charge is 0.396 e. The number of aliphatic hydroxyl groups excluding tert-OH is 2. The maximum absolute atomic E-state index is 8.51. The van der Waals surface area contributed by atoms with Gasteiger partial charge in [-0.1, -0.05) is 94.7 Å². The lowest BCUT2D eigenvalue weighted by atomic mass is 10.0. The normalized spacial score (nSPS) is 9.75. The second-order valence-corrected chi connectivity index (χ2v) is 5.74. The quantitative estimate of drug-likeness (QED) is 0.482. The third-order valence-electron chi connectivity index (χ3n) is 3.88. The zero-order valence-corrected chi connectivity index (χ0v) is 15.1. The van der Waals surface area contributed by atoms with Crippen molar-refractivity contribution in [3.8, 4) is 0 Å². The Hall–Kier alpha value is -1.64. The van der Waals surface area contributed by atoms with Crippen LogP contribution in [0, 0.1) is 0 Å². The summed E-state index contributed by atoms with van der Waals surface area (Å²) in [6, 6.07) is 6.01. The monoisotopic (exact) mass is 330 g/mol. The number of benzene rings is 1. The first kappa shape index (κ1) is 22.4. The number of unbranched alkanes of at least 4 members (excludes halogenated alkanes) is 7. The van der Waals surface area contributed by atoms with Crippen molar-refractivity contribution in [1.82, 2.24) is 0 Å². The summed E-state index contributed by atoms with van der Waals surface area (Å²) in [5.41, 5.74) is 3.30. The molecule has 0 aromatic heterocycles. The highest BCUT2D eigenvalue weighted by molar-refractivity contribution is 5.72. The highest BCUT2D eigenvalue weighted by Crippen LogP contribution is 2.18. The maximum Gasteiger partial charge on any atom is 0.0431 e. The van der Waals surface area contributed by atoms with Gasteiger partial charge in [-0.25, -0.2) is 0 Å². The average Bonchev–Trinajstić information content (AvgIpc) is 2.63. The lowest BCUT2D eigenvalue weighted by Gasteiger charge is -2.03. The number of hydrogen-bond acceptors (Lipinski definition) is 2. The summed E-state index contributed by atoms with van der Waals surface area (Å²) in [6.07, 6.45) is 14.8. The zero-order valence-electron chi connectivity index (χ0n) is 15.1. The Labute approximate surface area is 148 Å². The fourth-order valence-electron chi connectivity index (χ4n) is 2.48. The lowest BCUT2D eigenvalue weighted by Crippen LogP contribution is -1.85. The second kappa shape index (κ2) is 16.2. The third kappa shape index (κ3) is 10.2.